The Morgan fingerprint density at radius 2 is 2.27 bits per heavy atom. The van der Waals surface area contributed by atoms with Crippen molar-refractivity contribution in [2.24, 2.45) is 0 Å². The summed E-state index contributed by atoms with van der Waals surface area (Å²) in [5.41, 5.74) is 0. The number of piperidine rings is 1. The molecule has 88 valence electrons. The van der Waals surface area contributed by atoms with E-state index in [4.69, 9.17) is 9.47 Å². The van der Waals surface area contributed by atoms with Crippen molar-refractivity contribution in [1.29, 1.82) is 0 Å². The molecule has 0 aromatic heterocycles. The lowest BCUT2D eigenvalue weighted by Crippen LogP contribution is -2.38. The van der Waals surface area contributed by atoms with Crippen molar-refractivity contribution in [2.75, 3.05) is 19.8 Å². The Labute approximate surface area is 91.3 Å². The van der Waals surface area contributed by atoms with Gasteiger partial charge in [-0.25, -0.2) is 4.79 Å². The summed E-state index contributed by atoms with van der Waals surface area (Å²) < 4.78 is 10.3. The summed E-state index contributed by atoms with van der Waals surface area (Å²) in [6.45, 7) is 5.40. The van der Waals surface area contributed by atoms with Gasteiger partial charge >= 0.3 is 5.97 Å². The Hall–Kier alpha value is -0.610. The first-order valence-electron chi connectivity index (χ1n) is 5.69. The molecule has 0 aliphatic carbocycles. The van der Waals surface area contributed by atoms with E-state index in [1.807, 2.05) is 13.8 Å². The molecule has 15 heavy (non-hydrogen) atoms. The van der Waals surface area contributed by atoms with Crippen LogP contribution in [0.25, 0.3) is 0 Å². The number of hydrogen-bond acceptors (Lipinski definition) is 4. The summed E-state index contributed by atoms with van der Waals surface area (Å²) in [4.78, 5) is 11.1. The monoisotopic (exact) mass is 215 g/mol. The molecule has 0 aromatic rings. The van der Waals surface area contributed by atoms with Crippen LogP contribution >= 0.6 is 0 Å². The number of ether oxygens (including phenoxy) is 2. The fourth-order valence-corrected chi connectivity index (χ4v) is 1.65. The summed E-state index contributed by atoms with van der Waals surface area (Å²) in [5, 5.41) is 3.36. The van der Waals surface area contributed by atoms with Crippen LogP contribution in [-0.2, 0) is 14.3 Å². The number of esters is 1. The minimum absolute atomic E-state index is 0.0612. The molecule has 1 aliphatic rings. The SMILES string of the molecule is CC(C)OC(=O)COCC1CCCCN1. The van der Waals surface area contributed by atoms with Crippen LogP contribution in [0.1, 0.15) is 33.1 Å². The van der Waals surface area contributed by atoms with Gasteiger partial charge in [-0.1, -0.05) is 6.42 Å². The Kier molecular flexibility index (Phi) is 5.65. The van der Waals surface area contributed by atoms with Crippen molar-refractivity contribution in [1.82, 2.24) is 5.32 Å². The van der Waals surface area contributed by atoms with Crippen LogP contribution in [0.3, 0.4) is 0 Å². The molecule has 4 heteroatoms. The first kappa shape index (κ1) is 12.5. The highest BCUT2D eigenvalue weighted by atomic mass is 16.6. The van der Waals surface area contributed by atoms with Crippen molar-refractivity contribution >= 4 is 5.97 Å². The summed E-state index contributed by atoms with van der Waals surface area (Å²) in [5.74, 6) is -0.277. The zero-order chi connectivity index (χ0) is 11.1. The van der Waals surface area contributed by atoms with Gasteiger partial charge in [-0.3, -0.25) is 0 Å². The molecule has 0 spiro atoms. The van der Waals surface area contributed by atoms with Gasteiger partial charge < -0.3 is 14.8 Å². The lowest BCUT2D eigenvalue weighted by atomic mass is 10.1. The molecule has 1 N–H and O–H groups in total. The average molecular weight is 215 g/mol. The van der Waals surface area contributed by atoms with Gasteiger partial charge in [-0.05, 0) is 33.2 Å². The second-order valence-electron chi connectivity index (χ2n) is 4.20. The van der Waals surface area contributed by atoms with E-state index in [1.165, 1.54) is 12.8 Å². The molecule has 1 saturated heterocycles. The maximum absolute atomic E-state index is 11.1. The lowest BCUT2D eigenvalue weighted by Gasteiger charge is -2.23. The number of hydrogen-bond donors (Lipinski definition) is 1. The smallest absolute Gasteiger partial charge is 0.332 e. The molecule has 1 aliphatic heterocycles. The molecule has 1 rings (SSSR count). The molecule has 0 bridgehead atoms. The Balaban J connectivity index is 2.02. The fourth-order valence-electron chi connectivity index (χ4n) is 1.65. The van der Waals surface area contributed by atoms with E-state index in [9.17, 15) is 4.79 Å². The summed E-state index contributed by atoms with van der Waals surface area (Å²) >= 11 is 0. The van der Waals surface area contributed by atoms with E-state index in [2.05, 4.69) is 5.32 Å². The summed E-state index contributed by atoms with van der Waals surface area (Å²) in [6.07, 6.45) is 3.57. The normalized spacial score (nSPS) is 21.7. The minimum atomic E-state index is -0.277. The van der Waals surface area contributed by atoms with Crippen molar-refractivity contribution in [3.8, 4) is 0 Å². The maximum atomic E-state index is 11.1. The van der Waals surface area contributed by atoms with E-state index in [0.29, 0.717) is 12.6 Å². The van der Waals surface area contributed by atoms with Crippen molar-refractivity contribution in [3.05, 3.63) is 0 Å². The van der Waals surface area contributed by atoms with Gasteiger partial charge in [0.15, 0.2) is 0 Å². The number of carbonyl (C=O) groups excluding carboxylic acids is 1. The first-order chi connectivity index (χ1) is 7.18. The largest absolute Gasteiger partial charge is 0.461 e. The highest BCUT2D eigenvalue weighted by Crippen LogP contribution is 2.06. The Bertz CT molecular complexity index is 188. The Morgan fingerprint density at radius 1 is 1.47 bits per heavy atom. The number of rotatable bonds is 5. The van der Waals surface area contributed by atoms with Gasteiger partial charge in [-0.15, -0.1) is 0 Å². The van der Waals surface area contributed by atoms with E-state index in [0.717, 1.165) is 13.0 Å². The second-order valence-corrected chi connectivity index (χ2v) is 4.20. The van der Waals surface area contributed by atoms with Crippen LogP contribution in [0.2, 0.25) is 0 Å². The first-order valence-corrected chi connectivity index (χ1v) is 5.69. The van der Waals surface area contributed by atoms with Gasteiger partial charge in [0, 0.05) is 6.04 Å². The van der Waals surface area contributed by atoms with Crippen LogP contribution in [0, 0.1) is 0 Å². The standard InChI is InChI=1S/C11H21NO3/c1-9(2)15-11(13)8-14-7-10-5-3-4-6-12-10/h9-10,12H,3-8H2,1-2H3. The van der Waals surface area contributed by atoms with E-state index < -0.39 is 0 Å². The molecule has 0 radical (unpaired) electrons. The predicted octanol–water partition coefficient (Wildman–Crippen LogP) is 1.10. The zero-order valence-electron chi connectivity index (χ0n) is 9.62. The molecule has 0 aromatic carbocycles. The van der Waals surface area contributed by atoms with Crippen molar-refractivity contribution < 1.29 is 14.3 Å². The molecule has 1 atom stereocenters. The van der Waals surface area contributed by atoms with Crippen LogP contribution in [0.4, 0.5) is 0 Å². The van der Waals surface area contributed by atoms with Crippen molar-refractivity contribution in [2.45, 2.75) is 45.3 Å². The molecule has 1 fully saturated rings. The second kappa shape index (κ2) is 6.80. The van der Waals surface area contributed by atoms with Gasteiger partial charge in [0.25, 0.3) is 0 Å². The molecule has 1 heterocycles. The third kappa shape index (κ3) is 5.74. The maximum Gasteiger partial charge on any atom is 0.332 e. The summed E-state index contributed by atoms with van der Waals surface area (Å²) in [7, 11) is 0. The van der Waals surface area contributed by atoms with E-state index >= 15 is 0 Å². The predicted molar refractivity (Wildman–Crippen MR) is 57.7 cm³/mol. The van der Waals surface area contributed by atoms with Gasteiger partial charge in [-0.2, -0.15) is 0 Å². The summed E-state index contributed by atoms with van der Waals surface area (Å²) in [6, 6.07) is 0.408. The highest BCUT2D eigenvalue weighted by molar-refractivity contribution is 5.70. The third-order valence-corrected chi connectivity index (χ3v) is 2.32. The van der Waals surface area contributed by atoms with E-state index in [-0.39, 0.29) is 18.7 Å². The molecule has 4 nitrogen and oxygen atoms in total. The van der Waals surface area contributed by atoms with Gasteiger partial charge in [0.05, 0.1) is 12.7 Å². The molecule has 0 amide bonds. The third-order valence-electron chi connectivity index (χ3n) is 2.32. The van der Waals surface area contributed by atoms with Crippen molar-refractivity contribution in [3.63, 3.8) is 0 Å². The molecule has 1 unspecified atom stereocenters. The van der Waals surface area contributed by atoms with Crippen LogP contribution < -0.4 is 5.32 Å². The van der Waals surface area contributed by atoms with Crippen LogP contribution in [0.15, 0.2) is 0 Å². The van der Waals surface area contributed by atoms with Crippen LogP contribution in [0.5, 0.6) is 0 Å². The van der Waals surface area contributed by atoms with E-state index in [1.54, 1.807) is 0 Å². The number of carbonyl (C=O) groups is 1. The quantitative estimate of drug-likeness (QED) is 0.698. The highest BCUT2D eigenvalue weighted by Gasteiger charge is 2.13. The zero-order valence-corrected chi connectivity index (χ0v) is 9.62. The average Bonchev–Trinajstić information content (AvgIpc) is 2.18. The topological polar surface area (TPSA) is 47.6 Å². The van der Waals surface area contributed by atoms with Gasteiger partial charge in [0.1, 0.15) is 6.61 Å². The lowest BCUT2D eigenvalue weighted by molar-refractivity contribution is -0.153. The number of nitrogens with one attached hydrogen (secondary N) is 1. The Morgan fingerprint density at radius 3 is 2.87 bits per heavy atom. The van der Waals surface area contributed by atoms with Gasteiger partial charge in [0.2, 0.25) is 0 Å². The molecular weight excluding hydrogens is 194 g/mol. The molecular formula is C11H21NO3. The minimum Gasteiger partial charge on any atom is -0.461 e. The fraction of sp³-hybridized carbons (Fsp3) is 0.909. The molecule has 0 saturated carbocycles. The van der Waals surface area contributed by atoms with Crippen LogP contribution in [-0.4, -0.2) is 37.9 Å².